The van der Waals surface area contributed by atoms with Crippen molar-refractivity contribution in [3.05, 3.63) is 22.7 Å². The van der Waals surface area contributed by atoms with Crippen LogP contribution in [0.1, 0.15) is 19.1 Å². The zero-order chi connectivity index (χ0) is 17.3. The van der Waals surface area contributed by atoms with E-state index < -0.39 is 36.0 Å². The van der Waals surface area contributed by atoms with Gasteiger partial charge in [0.2, 0.25) is 0 Å². The molecule has 10 heteroatoms. The number of cyclic esters (lactones) is 2. The lowest BCUT2D eigenvalue weighted by Gasteiger charge is -2.21. The number of carbonyl (C=O) groups is 2. The van der Waals surface area contributed by atoms with Gasteiger partial charge in [0.25, 0.3) is 0 Å². The maximum absolute atomic E-state index is 11.9. The van der Waals surface area contributed by atoms with Crippen molar-refractivity contribution >= 4 is 17.8 Å². The normalized spacial score (nSPS) is 31.0. The maximum Gasteiger partial charge on any atom is 0.351 e. The van der Waals surface area contributed by atoms with E-state index in [1.807, 2.05) is 0 Å². The molecule has 0 spiro atoms. The van der Waals surface area contributed by atoms with Crippen LogP contribution in [-0.2, 0) is 23.8 Å². The third-order valence-corrected chi connectivity index (χ3v) is 4.06. The molecule has 0 radical (unpaired) electrons. The molecule has 24 heavy (non-hydrogen) atoms. The first-order valence-electron chi connectivity index (χ1n) is 7.52. The minimum Gasteiger partial charge on any atom is -0.464 e. The molecule has 130 valence electrons. The monoisotopic (exact) mass is 338 g/mol. The standard InChI is InChI=1S/C14H18N4O6/c15-8-4-12(19)22-6-9-7(5-23-13(8)20)3-11(24-9)18-2-1-10(16)17-14(18)21/h1-2,7-9,11H,3-6,15H2,(H2,16,17,21). The van der Waals surface area contributed by atoms with Crippen LogP contribution >= 0.6 is 0 Å². The summed E-state index contributed by atoms with van der Waals surface area (Å²) in [6.45, 7) is 0.0732. The van der Waals surface area contributed by atoms with Crippen molar-refractivity contribution < 1.29 is 23.8 Å². The molecule has 0 bridgehead atoms. The Morgan fingerprint density at radius 3 is 2.75 bits per heavy atom. The molecule has 2 aliphatic heterocycles. The number of aromatic nitrogens is 2. The average Bonchev–Trinajstić information content (AvgIpc) is 2.92. The highest BCUT2D eigenvalue weighted by Gasteiger charge is 2.39. The Labute approximate surface area is 136 Å². The predicted molar refractivity (Wildman–Crippen MR) is 79.4 cm³/mol. The van der Waals surface area contributed by atoms with E-state index in [1.54, 1.807) is 0 Å². The fourth-order valence-corrected chi connectivity index (χ4v) is 2.75. The molecule has 0 aliphatic carbocycles. The van der Waals surface area contributed by atoms with Gasteiger partial charge in [0, 0.05) is 18.5 Å². The molecule has 3 rings (SSSR count). The first-order valence-corrected chi connectivity index (χ1v) is 7.52. The van der Waals surface area contributed by atoms with Crippen molar-refractivity contribution in [2.24, 2.45) is 11.7 Å². The Bertz CT molecular complexity index is 705. The number of anilines is 1. The number of rotatable bonds is 1. The van der Waals surface area contributed by atoms with Crippen LogP contribution in [0.25, 0.3) is 0 Å². The molecule has 0 amide bonds. The molecule has 0 aromatic carbocycles. The molecule has 10 nitrogen and oxygen atoms in total. The summed E-state index contributed by atoms with van der Waals surface area (Å²) in [7, 11) is 0. The minimum absolute atomic E-state index is 0.00141. The maximum atomic E-state index is 11.9. The second kappa shape index (κ2) is 6.57. The lowest BCUT2D eigenvalue weighted by Crippen LogP contribution is -2.39. The van der Waals surface area contributed by atoms with Crippen LogP contribution in [0.15, 0.2) is 17.1 Å². The Morgan fingerprint density at radius 1 is 1.21 bits per heavy atom. The van der Waals surface area contributed by atoms with Crippen LogP contribution in [0.5, 0.6) is 0 Å². The number of nitrogens with zero attached hydrogens (tertiary/aromatic N) is 2. The van der Waals surface area contributed by atoms with Crippen molar-refractivity contribution in [2.75, 3.05) is 18.9 Å². The van der Waals surface area contributed by atoms with Crippen molar-refractivity contribution in [3.8, 4) is 0 Å². The van der Waals surface area contributed by atoms with Gasteiger partial charge in [-0.2, -0.15) is 4.98 Å². The highest BCUT2D eigenvalue weighted by molar-refractivity contribution is 5.82. The number of ether oxygens (including phenoxy) is 3. The van der Waals surface area contributed by atoms with Crippen molar-refractivity contribution in [1.29, 1.82) is 0 Å². The third kappa shape index (κ3) is 3.39. The van der Waals surface area contributed by atoms with Gasteiger partial charge in [-0.1, -0.05) is 0 Å². The average molecular weight is 338 g/mol. The van der Waals surface area contributed by atoms with Gasteiger partial charge in [0.15, 0.2) is 0 Å². The molecule has 2 saturated heterocycles. The second-order valence-corrected chi connectivity index (χ2v) is 5.79. The van der Waals surface area contributed by atoms with Crippen molar-refractivity contribution in [3.63, 3.8) is 0 Å². The van der Waals surface area contributed by atoms with Crippen LogP contribution in [0, 0.1) is 5.92 Å². The van der Waals surface area contributed by atoms with E-state index in [9.17, 15) is 14.4 Å². The highest BCUT2D eigenvalue weighted by Crippen LogP contribution is 2.33. The highest BCUT2D eigenvalue weighted by atomic mass is 16.6. The van der Waals surface area contributed by atoms with Crippen LogP contribution in [0.3, 0.4) is 0 Å². The fourth-order valence-electron chi connectivity index (χ4n) is 2.75. The van der Waals surface area contributed by atoms with E-state index in [2.05, 4.69) is 4.98 Å². The van der Waals surface area contributed by atoms with E-state index in [-0.39, 0.29) is 31.4 Å². The lowest BCUT2D eigenvalue weighted by atomic mass is 10.0. The summed E-state index contributed by atoms with van der Waals surface area (Å²) in [6, 6.07) is 0.441. The quantitative estimate of drug-likeness (QED) is 0.586. The number of carbonyl (C=O) groups excluding carboxylic acids is 2. The molecular weight excluding hydrogens is 320 g/mol. The number of hydrogen-bond donors (Lipinski definition) is 2. The van der Waals surface area contributed by atoms with E-state index in [1.165, 1.54) is 16.8 Å². The smallest absolute Gasteiger partial charge is 0.351 e. The molecule has 1 aromatic rings. The Kier molecular flexibility index (Phi) is 4.49. The molecule has 4 unspecified atom stereocenters. The molecule has 4 atom stereocenters. The summed E-state index contributed by atoms with van der Waals surface area (Å²) >= 11 is 0. The molecule has 0 saturated carbocycles. The van der Waals surface area contributed by atoms with E-state index in [0.717, 1.165) is 0 Å². The van der Waals surface area contributed by atoms with Gasteiger partial charge in [-0.05, 0) is 6.07 Å². The lowest BCUT2D eigenvalue weighted by molar-refractivity contribution is -0.159. The van der Waals surface area contributed by atoms with Gasteiger partial charge in [-0.15, -0.1) is 0 Å². The predicted octanol–water partition coefficient (Wildman–Crippen LogP) is -1.45. The Morgan fingerprint density at radius 2 is 2.00 bits per heavy atom. The Hall–Kier alpha value is -2.46. The van der Waals surface area contributed by atoms with Crippen LogP contribution in [0.2, 0.25) is 0 Å². The van der Waals surface area contributed by atoms with Gasteiger partial charge in [-0.3, -0.25) is 14.2 Å². The SMILES string of the molecule is Nc1ccn(C2CC3COC(=O)C(N)CC(=O)OCC3O2)c(=O)n1. The number of fused-ring (bicyclic) bond motifs is 1. The van der Waals surface area contributed by atoms with Crippen LogP contribution in [-0.4, -0.2) is 46.8 Å². The minimum atomic E-state index is -1.05. The molecule has 2 fully saturated rings. The summed E-state index contributed by atoms with van der Waals surface area (Å²) in [5.74, 6) is -1.38. The summed E-state index contributed by atoms with van der Waals surface area (Å²) < 4.78 is 17.4. The molecule has 3 heterocycles. The molecular formula is C14H18N4O6. The summed E-state index contributed by atoms with van der Waals surface area (Å²) in [6.07, 6.45) is 0.538. The summed E-state index contributed by atoms with van der Waals surface area (Å²) in [4.78, 5) is 39.0. The number of nitrogens with two attached hydrogens (primary N) is 2. The summed E-state index contributed by atoms with van der Waals surface area (Å²) in [5.41, 5.74) is 10.5. The second-order valence-electron chi connectivity index (χ2n) is 5.79. The van der Waals surface area contributed by atoms with Crippen molar-refractivity contribution in [1.82, 2.24) is 9.55 Å². The number of esters is 2. The van der Waals surface area contributed by atoms with E-state index >= 15 is 0 Å². The van der Waals surface area contributed by atoms with Gasteiger partial charge in [0.05, 0.1) is 13.0 Å². The van der Waals surface area contributed by atoms with Crippen molar-refractivity contribution in [2.45, 2.75) is 31.2 Å². The third-order valence-electron chi connectivity index (χ3n) is 4.06. The number of nitrogen functional groups attached to an aromatic ring is 1. The Balaban J connectivity index is 1.77. The summed E-state index contributed by atoms with van der Waals surface area (Å²) in [5, 5.41) is 0. The van der Waals surface area contributed by atoms with E-state index in [0.29, 0.717) is 6.42 Å². The molecule has 2 aliphatic rings. The van der Waals surface area contributed by atoms with Crippen LogP contribution < -0.4 is 17.2 Å². The number of hydrogen-bond acceptors (Lipinski definition) is 9. The molecule has 4 N–H and O–H groups in total. The first-order chi connectivity index (χ1) is 11.4. The first kappa shape index (κ1) is 16.4. The van der Waals surface area contributed by atoms with Gasteiger partial charge in [-0.25, -0.2) is 4.79 Å². The van der Waals surface area contributed by atoms with Gasteiger partial charge in [0.1, 0.15) is 30.8 Å². The topological polar surface area (TPSA) is 149 Å². The largest absolute Gasteiger partial charge is 0.464 e. The van der Waals surface area contributed by atoms with Gasteiger partial charge < -0.3 is 25.7 Å². The van der Waals surface area contributed by atoms with E-state index in [4.69, 9.17) is 25.7 Å². The van der Waals surface area contributed by atoms with Gasteiger partial charge >= 0.3 is 17.6 Å². The van der Waals surface area contributed by atoms with Crippen LogP contribution in [0.4, 0.5) is 5.82 Å². The fraction of sp³-hybridized carbons (Fsp3) is 0.571. The zero-order valence-corrected chi connectivity index (χ0v) is 12.8. The zero-order valence-electron chi connectivity index (χ0n) is 12.8. The molecule has 1 aromatic heterocycles.